The number of piperazine rings is 1. The predicted octanol–water partition coefficient (Wildman–Crippen LogP) is 4.16. The summed E-state index contributed by atoms with van der Waals surface area (Å²) in [4.78, 5) is 14.6. The fraction of sp³-hybridized carbons (Fsp3) is 0.227. The minimum absolute atomic E-state index is 0.148. The molecule has 1 aliphatic heterocycles. The van der Waals surface area contributed by atoms with Gasteiger partial charge in [0.1, 0.15) is 4.21 Å². The average molecular weight is 476 g/mol. The van der Waals surface area contributed by atoms with Crippen molar-refractivity contribution < 1.29 is 13.2 Å². The Morgan fingerprint density at radius 2 is 1.61 bits per heavy atom. The summed E-state index contributed by atoms with van der Waals surface area (Å²) in [5, 5.41) is 2.87. The zero-order valence-electron chi connectivity index (χ0n) is 16.7. The maximum Gasteiger partial charge on any atom is 0.255 e. The second kappa shape index (κ2) is 9.50. The number of carbonyl (C=O) groups excluding carboxylic acids is 1. The van der Waals surface area contributed by atoms with Gasteiger partial charge in [-0.25, -0.2) is 8.42 Å². The van der Waals surface area contributed by atoms with Crippen LogP contribution < -0.4 is 5.32 Å². The number of sulfonamides is 1. The first kappa shape index (κ1) is 22.0. The van der Waals surface area contributed by atoms with Crippen molar-refractivity contribution in [3.8, 4) is 0 Å². The van der Waals surface area contributed by atoms with E-state index in [0.29, 0.717) is 42.6 Å². The van der Waals surface area contributed by atoms with Crippen LogP contribution in [0.2, 0.25) is 4.34 Å². The Labute approximate surface area is 191 Å². The zero-order valence-corrected chi connectivity index (χ0v) is 19.1. The van der Waals surface area contributed by atoms with Crippen LogP contribution in [0.4, 0.5) is 5.69 Å². The Bertz CT molecular complexity index is 1140. The van der Waals surface area contributed by atoms with Crippen molar-refractivity contribution in [3.63, 3.8) is 0 Å². The standard InChI is InChI=1S/C22H22ClN3O3S2/c23-20-10-11-21(30-20)31(28,29)26-14-12-25(13-15-26)16-17-6-8-18(9-7-17)22(27)24-19-4-2-1-3-5-19/h1-11H,12-16H2,(H,24,27). The van der Waals surface area contributed by atoms with Gasteiger partial charge in [0.25, 0.3) is 15.9 Å². The molecule has 6 nitrogen and oxygen atoms in total. The number of amides is 1. The summed E-state index contributed by atoms with van der Waals surface area (Å²) in [7, 11) is -3.48. The van der Waals surface area contributed by atoms with Crippen LogP contribution in [-0.2, 0) is 16.6 Å². The summed E-state index contributed by atoms with van der Waals surface area (Å²) in [5.41, 5.74) is 2.44. The molecule has 9 heteroatoms. The van der Waals surface area contributed by atoms with E-state index in [0.717, 1.165) is 22.6 Å². The number of para-hydroxylation sites is 1. The first-order chi connectivity index (χ1) is 14.9. The number of rotatable bonds is 6. The minimum Gasteiger partial charge on any atom is -0.322 e. The third kappa shape index (κ3) is 5.34. The molecule has 0 aliphatic carbocycles. The molecule has 3 aromatic rings. The zero-order chi connectivity index (χ0) is 21.8. The Morgan fingerprint density at radius 1 is 0.935 bits per heavy atom. The fourth-order valence-electron chi connectivity index (χ4n) is 3.44. The van der Waals surface area contributed by atoms with E-state index in [2.05, 4.69) is 10.2 Å². The van der Waals surface area contributed by atoms with Crippen molar-refractivity contribution in [2.24, 2.45) is 0 Å². The second-order valence-electron chi connectivity index (χ2n) is 7.26. The summed E-state index contributed by atoms with van der Waals surface area (Å²) in [6.07, 6.45) is 0. The highest BCUT2D eigenvalue weighted by molar-refractivity contribution is 7.91. The molecule has 2 heterocycles. The molecule has 1 saturated heterocycles. The third-order valence-corrected chi connectivity index (χ3v) is 8.73. The van der Waals surface area contributed by atoms with Crippen LogP contribution >= 0.6 is 22.9 Å². The Balaban J connectivity index is 1.31. The molecule has 1 aliphatic rings. The number of hydrogen-bond donors (Lipinski definition) is 1. The third-order valence-electron chi connectivity index (χ3n) is 5.13. The summed E-state index contributed by atoms with van der Waals surface area (Å²) in [5.74, 6) is -0.148. The molecule has 1 fully saturated rings. The fourth-order valence-corrected chi connectivity index (χ4v) is 6.50. The molecule has 0 saturated carbocycles. The van der Waals surface area contributed by atoms with Crippen LogP contribution in [0, 0.1) is 0 Å². The number of halogens is 1. The average Bonchev–Trinajstić information content (AvgIpc) is 3.22. The summed E-state index contributed by atoms with van der Waals surface area (Å²) < 4.78 is 27.7. The molecule has 2 aromatic carbocycles. The van der Waals surface area contributed by atoms with E-state index in [1.807, 2.05) is 54.6 Å². The van der Waals surface area contributed by atoms with Gasteiger partial charge in [0.2, 0.25) is 0 Å². The number of benzene rings is 2. The van der Waals surface area contributed by atoms with Crippen molar-refractivity contribution in [3.05, 3.63) is 82.2 Å². The van der Waals surface area contributed by atoms with E-state index in [-0.39, 0.29) is 10.1 Å². The van der Waals surface area contributed by atoms with Crippen LogP contribution in [0.5, 0.6) is 0 Å². The van der Waals surface area contributed by atoms with Crippen LogP contribution in [0.3, 0.4) is 0 Å². The maximum atomic E-state index is 12.7. The molecule has 4 rings (SSSR count). The smallest absolute Gasteiger partial charge is 0.255 e. The summed E-state index contributed by atoms with van der Waals surface area (Å²) in [6.45, 7) is 2.88. The highest BCUT2D eigenvalue weighted by atomic mass is 35.5. The van der Waals surface area contributed by atoms with Crippen LogP contribution in [0.1, 0.15) is 15.9 Å². The molecular weight excluding hydrogens is 454 g/mol. The lowest BCUT2D eigenvalue weighted by molar-refractivity contribution is 0.102. The van der Waals surface area contributed by atoms with E-state index in [9.17, 15) is 13.2 Å². The Morgan fingerprint density at radius 3 is 2.23 bits per heavy atom. The van der Waals surface area contributed by atoms with Gasteiger partial charge in [-0.2, -0.15) is 4.31 Å². The van der Waals surface area contributed by atoms with Crippen molar-refractivity contribution in [2.75, 3.05) is 31.5 Å². The minimum atomic E-state index is -3.48. The molecule has 0 bridgehead atoms. The molecule has 1 aromatic heterocycles. The van der Waals surface area contributed by atoms with Gasteiger partial charge in [0.15, 0.2) is 0 Å². The van der Waals surface area contributed by atoms with E-state index in [1.54, 1.807) is 12.1 Å². The summed E-state index contributed by atoms with van der Waals surface area (Å²) in [6, 6.07) is 20.0. The molecular formula is C22H22ClN3O3S2. The van der Waals surface area contributed by atoms with Gasteiger partial charge in [0, 0.05) is 44.0 Å². The number of carbonyl (C=O) groups is 1. The molecule has 0 atom stereocenters. The quantitative estimate of drug-likeness (QED) is 0.581. The van der Waals surface area contributed by atoms with Crippen molar-refractivity contribution >= 4 is 44.6 Å². The maximum absolute atomic E-state index is 12.7. The van der Waals surface area contributed by atoms with Gasteiger partial charge in [-0.15, -0.1) is 11.3 Å². The van der Waals surface area contributed by atoms with Gasteiger partial charge in [-0.05, 0) is 42.0 Å². The number of nitrogens with one attached hydrogen (secondary N) is 1. The van der Waals surface area contributed by atoms with E-state index in [4.69, 9.17) is 11.6 Å². The normalized spacial score (nSPS) is 15.6. The first-order valence-corrected chi connectivity index (χ1v) is 12.5. The number of nitrogens with zero attached hydrogens (tertiary/aromatic N) is 2. The van der Waals surface area contributed by atoms with Gasteiger partial charge < -0.3 is 5.32 Å². The SMILES string of the molecule is O=C(Nc1ccccc1)c1ccc(CN2CCN(S(=O)(=O)c3ccc(Cl)s3)CC2)cc1. The molecule has 0 radical (unpaired) electrons. The van der Waals surface area contributed by atoms with Gasteiger partial charge >= 0.3 is 0 Å². The lowest BCUT2D eigenvalue weighted by Crippen LogP contribution is -2.48. The largest absolute Gasteiger partial charge is 0.322 e. The van der Waals surface area contributed by atoms with E-state index < -0.39 is 10.0 Å². The molecule has 0 unspecified atom stereocenters. The molecule has 0 spiro atoms. The molecule has 31 heavy (non-hydrogen) atoms. The van der Waals surface area contributed by atoms with Crippen LogP contribution in [0.15, 0.2) is 70.9 Å². The van der Waals surface area contributed by atoms with E-state index in [1.165, 1.54) is 4.31 Å². The summed E-state index contributed by atoms with van der Waals surface area (Å²) >= 11 is 6.98. The van der Waals surface area contributed by atoms with E-state index >= 15 is 0 Å². The highest BCUT2D eigenvalue weighted by Crippen LogP contribution is 2.28. The number of thiophene rings is 1. The van der Waals surface area contributed by atoms with Crippen LogP contribution in [0.25, 0.3) is 0 Å². The number of anilines is 1. The first-order valence-electron chi connectivity index (χ1n) is 9.85. The topological polar surface area (TPSA) is 69.7 Å². The highest BCUT2D eigenvalue weighted by Gasteiger charge is 2.29. The molecule has 162 valence electrons. The lowest BCUT2D eigenvalue weighted by atomic mass is 10.1. The molecule has 1 N–H and O–H groups in total. The lowest BCUT2D eigenvalue weighted by Gasteiger charge is -2.33. The van der Waals surface area contributed by atoms with Gasteiger partial charge in [-0.3, -0.25) is 9.69 Å². The predicted molar refractivity (Wildman–Crippen MR) is 124 cm³/mol. The molecule has 1 amide bonds. The van der Waals surface area contributed by atoms with Crippen molar-refractivity contribution in [1.82, 2.24) is 9.21 Å². The van der Waals surface area contributed by atoms with Crippen molar-refractivity contribution in [1.29, 1.82) is 0 Å². The Hall–Kier alpha value is -2.23. The van der Waals surface area contributed by atoms with Gasteiger partial charge in [-0.1, -0.05) is 41.9 Å². The number of hydrogen-bond acceptors (Lipinski definition) is 5. The van der Waals surface area contributed by atoms with Crippen LogP contribution in [-0.4, -0.2) is 49.7 Å². The van der Waals surface area contributed by atoms with Gasteiger partial charge in [0.05, 0.1) is 4.34 Å². The Kier molecular flexibility index (Phi) is 6.74. The second-order valence-corrected chi connectivity index (χ2v) is 11.1. The van der Waals surface area contributed by atoms with Crippen molar-refractivity contribution in [2.45, 2.75) is 10.8 Å². The monoisotopic (exact) mass is 475 g/mol.